The monoisotopic (exact) mass is 566 g/mol. The van der Waals surface area contributed by atoms with Crippen molar-refractivity contribution in [2.24, 2.45) is 0 Å². The van der Waals surface area contributed by atoms with Crippen LogP contribution in [0.2, 0.25) is 0 Å². The smallest absolute Gasteiger partial charge is 0.296 e. The summed E-state index contributed by atoms with van der Waals surface area (Å²) >= 11 is 0. The maximum absolute atomic E-state index is 14.3. The second kappa shape index (κ2) is 10.5. The number of likely N-dealkylation sites (N-methyl/N-ethyl adjacent to an activating group) is 1. The fourth-order valence-corrected chi connectivity index (χ4v) is 7.44. The first kappa shape index (κ1) is 28.0. The zero-order chi connectivity index (χ0) is 28.8. The van der Waals surface area contributed by atoms with Crippen molar-refractivity contribution in [3.05, 3.63) is 65.2 Å². The zero-order valence-electron chi connectivity index (χ0n) is 23.0. The lowest BCUT2D eigenvalue weighted by Crippen LogP contribution is -2.53. The number of carbonyl (C=O) groups is 3. The molecule has 1 unspecified atom stereocenters. The van der Waals surface area contributed by atoms with Gasteiger partial charge in [0.15, 0.2) is 5.54 Å². The number of Topliss-reactive ketones (excluding diaryl/α,β-unsaturated/α-hetero) is 1. The van der Waals surface area contributed by atoms with Crippen molar-refractivity contribution in [3.63, 3.8) is 0 Å². The summed E-state index contributed by atoms with van der Waals surface area (Å²) in [7, 11) is -0.0313. The number of aliphatic hydroxyl groups is 1. The van der Waals surface area contributed by atoms with Crippen molar-refractivity contribution in [2.45, 2.75) is 36.6 Å². The number of rotatable bonds is 8. The Balaban J connectivity index is 1.69. The quantitative estimate of drug-likeness (QED) is 0.296. The summed E-state index contributed by atoms with van der Waals surface area (Å²) in [5.41, 5.74) is -0.947. The van der Waals surface area contributed by atoms with Gasteiger partial charge < -0.3 is 19.8 Å². The maximum atomic E-state index is 14.3. The number of benzene rings is 2. The third kappa shape index (κ3) is 4.15. The lowest BCUT2D eigenvalue weighted by molar-refractivity contribution is -0.143. The number of anilines is 1. The van der Waals surface area contributed by atoms with Gasteiger partial charge in [-0.2, -0.15) is 4.31 Å². The summed E-state index contributed by atoms with van der Waals surface area (Å²) in [5, 5.41) is 11.6. The van der Waals surface area contributed by atoms with Gasteiger partial charge in [0, 0.05) is 43.9 Å². The molecule has 10 nitrogen and oxygen atoms in total. The van der Waals surface area contributed by atoms with Gasteiger partial charge in [0.1, 0.15) is 5.76 Å². The lowest BCUT2D eigenvalue weighted by atomic mass is 9.82. The molecule has 11 heteroatoms. The van der Waals surface area contributed by atoms with E-state index in [9.17, 15) is 27.9 Å². The number of para-hydroxylation sites is 1. The summed E-state index contributed by atoms with van der Waals surface area (Å²) in [5.74, 6) is -2.80. The molecule has 2 aromatic rings. The molecule has 3 aliphatic heterocycles. The van der Waals surface area contributed by atoms with Crippen molar-refractivity contribution in [1.29, 1.82) is 0 Å². The number of nitrogens with zero attached hydrogens (tertiary/aromatic N) is 4. The summed E-state index contributed by atoms with van der Waals surface area (Å²) in [6, 6.07) is 12.6. The molecule has 1 N–H and O–H groups in total. The number of hydrogen-bond acceptors (Lipinski definition) is 7. The highest BCUT2D eigenvalue weighted by Crippen LogP contribution is 2.53. The summed E-state index contributed by atoms with van der Waals surface area (Å²) in [4.78, 5) is 46.3. The van der Waals surface area contributed by atoms with Crippen LogP contribution in [0, 0.1) is 0 Å². The zero-order valence-corrected chi connectivity index (χ0v) is 23.8. The van der Waals surface area contributed by atoms with Crippen LogP contribution >= 0.6 is 0 Å². The van der Waals surface area contributed by atoms with Crippen molar-refractivity contribution in [3.8, 4) is 0 Å². The van der Waals surface area contributed by atoms with Crippen LogP contribution in [-0.2, 0) is 29.9 Å². The molecular formula is C29H34N4O6S. The van der Waals surface area contributed by atoms with Crippen molar-refractivity contribution < 1.29 is 27.9 Å². The lowest BCUT2D eigenvalue weighted by Gasteiger charge is -2.35. The predicted molar refractivity (Wildman–Crippen MR) is 150 cm³/mol. The Hall–Kier alpha value is -3.54. The number of sulfonamides is 1. The van der Waals surface area contributed by atoms with E-state index in [1.54, 1.807) is 29.2 Å². The van der Waals surface area contributed by atoms with Gasteiger partial charge in [0.2, 0.25) is 10.0 Å². The normalized spacial score (nSPS) is 22.8. The average Bonchev–Trinajstić information content (AvgIpc) is 3.62. The van der Waals surface area contributed by atoms with E-state index in [-0.39, 0.29) is 22.6 Å². The second-order valence-corrected chi connectivity index (χ2v) is 12.6. The van der Waals surface area contributed by atoms with Crippen molar-refractivity contribution >= 4 is 39.1 Å². The van der Waals surface area contributed by atoms with E-state index < -0.39 is 38.9 Å². The Bertz CT molecular complexity index is 1490. The molecule has 0 aromatic heterocycles. The minimum absolute atomic E-state index is 0.0727. The van der Waals surface area contributed by atoms with Crippen LogP contribution in [0.4, 0.5) is 5.69 Å². The number of amides is 2. The van der Waals surface area contributed by atoms with E-state index in [0.29, 0.717) is 43.9 Å². The fourth-order valence-electron chi connectivity index (χ4n) is 5.92. The molecule has 2 saturated heterocycles. The molecule has 40 heavy (non-hydrogen) atoms. The SMILES string of the molecule is CCCN1C(=O)C2(/C(=C(/O)c3ccc(S(=O)(=O)N4CCCC4)cc3)C(=O)C(=O)N2CCN(C)C)c2ccccc21. The minimum Gasteiger partial charge on any atom is -0.507 e. The molecule has 2 fully saturated rings. The van der Waals surface area contributed by atoms with Gasteiger partial charge >= 0.3 is 0 Å². The van der Waals surface area contributed by atoms with Gasteiger partial charge in [0.25, 0.3) is 17.6 Å². The first-order valence-corrected chi connectivity index (χ1v) is 15.0. The standard InChI is InChI=1S/C29H34N4O6S/c1-4-15-32-23-10-6-5-9-22(23)29(28(32)37)24(26(35)27(36)33(29)19-18-30(2)3)25(34)20-11-13-21(14-12-20)40(38,39)31-16-7-8-17-31/h5-6,9-14,34H,4,7-8,15-19H2,1-3H3/b25-24+. The van der Waals surface area contributed by atoms with Gasteiger partial charge in [0.05, 0.1) is 16.2 Å². The molecule has 5 rings (SSSR count). The maximum Gasteiger partial charge on any atom is 0.296 e. The van der Waals surface area contributed by atoms with Gasteiger partial charge in [-0.3, -0.25) is 14.4 Å². The predicted octanol–water partition coefficient (Wildman–Crippen LogP) is 2.37. The Labute approximate surface area is 234 Å². The highest BCUT2D eigenvalue weighted by atomic mass is 32.2. The Morgan fingerprint density at radius 2 is 1.62 bits per heavy atom. The van der Waals surface area contributed by atoms with Crippen LogP contribution < -0.4 is 4.90 Å². The number of fused-ring (bicyclic) bond motifs is 2. The van der Waals surface area contributed by atoms with Gasteiger partial charge in [-0.05, 0) is 63.7 Å². The van der Waals surface area contributed by atoms with Crippen LogP contribution in [-0.4, -0.2) is 92.0 Å². The molecule has 2 aromatic carbocycles. The molecule has 212 valence electrons. The average molecular weight is 567 g/mol. The van der Waals surface area contributed by atoms with Crippen LogP contribution in [0.15, 0.2) is 59.0 Å². The molecule has 0 bridgehead atoms. The molecule has 3 aliphatic rings. The molecule has 2 amide bonds. The molecule has 0 aliphatic carbocycles. The largest absolute Gasteiger partial charge is 0.507 e. The molecule has 3 heterocycles. The van der Waals surface area contributed by atoms with Crippen LogP contribution in [0.1, 0.15) is 37.3 Å². The van der Waals surface area contributed by atoms with Crippen LogP contribution in [0.5, 0.6) is 0 Å². The second-order valence-electron chi connectivity index (χ2n) is 10.6. The van der Waals surface area contributed by atoms with E-state index >= 15 is 0 Å². The van der Waals surface area contributed by atoms with Crippen molar-refractivity contribution in [1.82, 2.24) is 14.1 Å². The summed E-state index contributed by atoms with van der Waals surface area (Å²) in [6.45, 7) is 3.69. The first-order chi connectivity index (χ1) is 19.1. The Morgan fingerprint density at radius 1 is 0.975 bits per heavy atom. The van der Waals surface area contributed by atoms with E-state index in [0.717, 1.165) is 12.8 Å². The van der Waals surface area contributed by atoms with Crippen LogP contribution in [0.3, 0.4) is 0 Å². The highest BCUT2D eigenvalue weighted by molar-refractivity contribution is 7.89. The number of aliphatic hydroxyl groups excluding tert-OH is 1. The molecule has 0 radical (unpaired) electrons. The number of ketones is 1. The molecule has 1 spiro atoms. The summed E-state index contributed by atoms with van der Waals surface area (Å²) in [6.07, 6.45) is 2.25. The number of hydrogen-bond donors (Lipinski definition) is 1. The van der Waals surface area contributed by atoms with Gasteiger partial charge in [-0.15, -0.1) is 0 Å². The third-order valence-electron chi connectivity index (χ3n) is 7.86. The fraction of sp³-hybridized carbons (Fsp3) is 0.414. The summed E-state index contributed by atoms with van der Waals surface area (Å²) < 4.78 is 27.4. The number of carbonyl (C=O) groups excluding carboxylic acids is 3. The Kier molecular flexibility index (Phi) is 7.32. The third-order valence-corrected chi connectivity index (χ3v) is 9.77. The topological polar surface area (TPSA) is 119 Å². The minimum atomic E-state index is -3.69. The van der Waals surface area contributed by atoms with Gasteiger partial charge in [-0.1, -0.05) is 25.1 Å². The highest BCUT2D eigenvalue weighted by Gasteiger charge is 2.66. The molecular weight excluding hydrogens is 532 g/mol. The number of likely N-dealkylation sites (tertiary alicyclic amines) is 1. The first-order valence-electron chi connectivity index (χ1n) is 13.5. The molecule has 0 saturated carbocycles. The van der Waals surface area contributed by atoms with Gasteiger partial charge in [-0.25, -0.2) is 8.42 Å². The Morgan fingerprint density at radius 3 is 2.25 bits per heavy atom. The van der Waals surface area contributed by atoms with E-state index in [1.807, 2.05) is 25.9 Å². The van der Waals surface area contributed by atoms with E-state index in [1.165, 1.54) is 33.5 Å². The van der Waals surface area contributed by atoms with Crippen molar-refractivity contribution in [2.75, 3.05) is 51.7 Å². The molecule has 1 atom stereocenters. The van der Waals surface area contributed by atoms with Crippen LogP contribution in [0.25, 0.3) is 5.76 Å². The van der Waals surface area contributed by atoms with E-state index in [2.05, 4.69) is 0 Å². The van der Waals surface area contributed by atoms with E-state index in [4.69, 9.17) is 0 Å².